The Bertz CT molecular complexity index is 507. The summed E-state index contributed by atoms with van der Waals surface area (Å²) in [5.41, 5.74) is 6.72. The fraction of sp³-hybridized carbons (Fsp3) is 0.533. The zero-order valence-corrected chi connectivity index (χ0v) is 12.7. The molecule has 0 aliphatic carbocycles. The Morgan fingerprint density at radius 2 is 2.30 bits per heavy atom. The van der Waals surface area contributed by atoms with E-state index in [2.05, 4.69) is 6.92 Å². The van der Waals surface area contributed by atoms with Crippen LogP contribution in [0.2, 0.25) is 5.02 Å². The quantitative estimate of drug-likeness (QED) is 0.927. The molecule has 1 aromatic carbocycles. The molecule has 2 rings (SSSR count). The standard InChI is InChI=1S/C15H21ClN2O2/c1-11-7-12(16)3-4-13(11)20-8-14(19)18-6-5-15(2,9-17)10-18/h3-4,7H,5-6,8-10,17H2,1-2H3. The van der Waals surface area contributed by atoms with Gasteiger partial charge in [-0.15, -0.1) is 0 Å². The summed E-state index contributed by atoms with van der Waals surface area (Å²) in [5, 5.41) is 0.666. The Morgan fingerprint density at radius 3 is 2.90 bits per heavy atom. The van der Waals surface area contributed by atoms with Crippen molar-refractivity contribution >= 4 is 17.5 Å². The fourth-order valence-electron chi connectivity index (χ4n) is 2.41. The first-order chi connectivity index (χ1) is 9.43. The minimum atomic E-state index is 0.0107. The summed E-state index contributed by atoms with van der Waals surface area (Å²) in [6.45, 7) is 6.16. The molecule has 4 nitrogen and oxygen atoms in total. The predicted octanol–water partition coefficient (Wildman–Crippen LogP) is 2.22. The van der Waals surface area contributed by atoms with Crippen LogP contribution in [0.4, 0.5) is 0 Å². The van der Waals surface area contributed by atoms with Crippen LogP contribution in [0.15, 0.2) is 18.2 Å². The number of hydrogen-bond acceptors (Lipinski definition) is 3. The molecule has 5 heteroatoms. The van der Waals surface area contributed by atoms with Gasteiger partial charge in [-0.3, -0.25) is 4.79 Å². The molecule has 1 atom stereocenters. The molecule has 0 saturated carbocycles. The number of rotatable bonds is 4. The maximum absolute atomic E-state index is 12.1. The van der Waals surface area contributed by atoms with Crippen molar-refractivity contribution in [2.45, 2.75) is 20.3 Å². The van der Waals surface area contributed by atoms with Crippen LogP contribution >= 0.6 is 11.6 Å². The number of amides is 1. The highest BCUT2D eigenvalue weighted by molar-refractivity contribution is 6.30. The van der Waals surface area contributed by atoms with E-state index in [1.807, 2.05) is 17.9 Å². The van der Waals surface area contributed by atoms with Gasteiger partial charge in [0.25, 0.3) is 5.91 Å². The molecule has 1 amide bonds. The number of nitrogens with two attached hydrogens (primary N) is 1. The first-order valence-corrected chi connectivity index (χ1v) is 7.18. The molecule has 110 valence electrons. The second-order valence-electron chi connectivity index (χ2n) is 5.78. The van der Waals surface area contributed by atoms with Crippen LogP contribution in [0.25, 0.3) is 0 Å². The van der Waals surface area contributed by atoms with Gasteiger partial charge in [0.1, 0.15) is 5.75 Å². The van der Waals surface area contributed by atoms with Gasteiger partial charge in [-0.1, -0.05) is 18.5 Å². The van der Waals surface area contributed by atoms with Crippen LogP contribution < -0.4 is 10.5 Å². The lowest BCUT2D eigenvalue weighted by atomic mass is 9.90. The molecule has 1 aromatic rings. The molecule has 20 heavy (non-hydrogen) atoms. The lowest BCUT2D eigenvalue weighted by Crippen LogP contribution is -2.36. The lowest BCUT2D eigenvalue weighted by Gasteiger charge is -2.22. The van der Waals surface area contributed by atoms with Crippen LogP contribution in [0.5, 0.6) is 5.75 Å². The van der Waals surface area contributed by atoms with Gasteiger partial charge in [-0.25, -0.2) is 0 Å². The Kier molecular flexibility index (Phi) is 4.55. The largest absolute Gasteiger partial charge is 0.483 e. The number of benzene rings is 1. The fourth-order valence-corrected chi connectivity index (χ4v) is 2.64. The third-order valence-corrected chi connectivity index (χ3v) is 4.13. The van der Waals surface area contributed by atoms with Crippen molar-refractivity contribution in [3.63, 3.8) is 0 Å². The number of aryl methyl sites for hydroxylation is 1. The molecular weight excluding hydrogens is 276 g/mol. The monoisotopic (exact) mass is 296 g/mol. The number of ether oxygens (including phenoxy) is 1. The molecule has 1 fully saturated rings. The van der Waals surface area contributed by atoms with Gasteiger partial charge in [-0.2, -0.15) is 0 Å². The van der Waals surface area contributed by atoms with Crippen molar-refractivity contribution in [1.82, 2.24) is 4.90 Å². The van der Waals surface area contributed by atoms with Gasteiger partial charge in [0.2, 0.25) is 0 Å². The van der Waals surface area contributed by atoms with E-state index in [0.29, 0.717) is 23.9 Å². The SMILES string of the molecule is Cc1cc(Cl)ccc1OCC(=O)N1CCC(C)(CN)C1. The van der Waals surface area contributed by atoms with E-state index in [4.69, 9.17) is 22.1 Å². The smallest absolute Gasteiger partial charge is 0.260 e. The van der Waals surface area contributed by atoms with Crippen molar-refractivity contribution < 1.29 is 9.53 Å². The molecule has 1 unspecified atom stereocenters. The van der Waals surface area contributed by atoms with Crippen LogP contribution in [0, 0.1) is 12.3 Å². The van der Waals surface area contributed by atoms with E-state index in [-0.39, 0.29) is 17.9 Å². The summed E-state index contributed by atoms with van der Waals surface area (Å²) in [7, 11) is 0. The van der Waals surface area contributed by atoms with Gasteiger partial charge in [0, 0.05) is 18.1 Å². The normalized spacial score (nSPS) is 22.1. The van der Waals surface area contributed by atoms with E-state index in [1.54, 1.807) is 12.1 Å². The summed E-state index contributed by atoms with van der Waals surface area (Å²) in [6.07, 6.45) is 0.954. The minimum Gasteiger partial charge on any atom is -0.483 e. The zero-order valence-electron chi connectivity index (χ0n) is 12.0. The molecule has 0 aromatic heterocycles. The topological polar surface area (TPSA) is 55.6 Å². The van der Waals surface area contributed by atoms with Gasteiger partial charge < -0.3 is 15.4 Å². The van der Waals surface area contributed by atoms with Crippen molar-refractivity contribution in [2.75, 3.05) is 26.2 Å². The molecule has 0 bridgehead atoms. The predicted molar refractivity (Wildman–Crippen MR) is 80.0 cm³/mol. The third-order valence-electron chi connectivity index (χ3n) is 3.89. The second kappa shape index (κ2) is 6.02. The summed E-state index contributed by atoms with van der Waals surface area (Å²) >= 11 is 5.89. The summed E-state index contributed by atoms with van der Waals surface area (Å²) in [4.78, 5) is 14.0. The summed E-state index contributed by atoms with van der Waals surface area (Å²) in [5.74, 6) is 0.708. The van der Waals surface area contributed by atoms with Gasteiger partial charge in [0.05, 0.1) is 0 Å². The number of likely N-dealkylation sites (tertiary alicyclic amines) is 1. The van der Waals surface area contributed by atoms with E-state index in [1.165, 1.54) is 0 Å². The first-order valence-electron chi connectivity index (χ1n) is 6.80. The molecule has 1 saturated heterocycles. The highest BCUT2D eigenvalue weighted by atomic mass is 35.5. The third kappa shape index (κ3) is 3.44. The number of carbonyl (C=O) groups excluding carboxylic acids is 1. The van der Waals surface area contributed by atoms with E-state index >= 15 is 0 Å². The van der Waals surface area contributed by atoms with Crippen molar-refractivity contribution in [1.29, 1.82) is 0 Å². The van der Waals surface area contributed by atoms with E-state index in [9.17, 15) is 4.79 Å². The Morgan fingerprint density at radius 1 is 1.55 bits per heavy atom. The Balaban J connectivity index is 1.90. The lowest BCUT2D eigenvalue weighted by molar-refractivity contribution is -0.132. The number of halogens is 1. The van der Waals surface area contributed by atoms with E-state index < -0.39 is 0 Å². The average Bonchev–Trinajstić information content (AvgIpc) is 2.81. The zero-order chi connectivity index (χ0) is 14.8. The van der Waals surface area contributed by atoms with E-state index in [0.717, 1.165) is 18.5 Å². The number of nitrogens with zero attached hydrogens (tertiary/aromatic N) is 1. The first kappa shape index (κ1) is 15.1. The highest BCUT2D eigenvalue weighted by Gasteiger charge is 2.34. The minimum absolute atomic E-state index is 0.0107. The molecule has 0 radical (unpaired) electrons. The highest BCUT2D eigenvalue weighted by Crippen LogP contribution is 2.28. The van der Waals surface area contributed by atoms with Gasteiger partial charge in [-0.05, 0) is 49.1 Å². The maximum Gasteiger partial charge on any atom is 0.260 e. The van der Waals surface area contributed by atoms with Crippen molar-refractivity contribution in [2.24, 2.45) is 11.1 Å². The van der Waals surface area contributed by atoms with Crippen molar-refractivity contribution in [3.8, 4) is 5.75 Å². The molecular formula is C15H21ClN2O2. The van der Waals surface area contributed by atoms with Crippen LogP contribution in [0.3, 0.4) is 0 Å². The van der Waals surface area contributed by atoms with Gasteiger partial charge in [0.15, 0.2) is 6.61 Å². The van der Waals surface area contributed by atoms with Crippen LogP contribution in [0.1, 0.15) is 18.9 Å². The van der Waals surface area contributed by atoms with Crippen LogP contribution in [-0.4, -0.2) is 37.0 Å². The molecule has 0 spiro atoms. The molecule has 1 aliphatic rings. The average molecular weight is 297 g/mol. The molecule has 2 N–H and O–H groups in total. The summed E-state index contributed by atoms with van der Waals surface area (Å²) < 4.78 is 5.59. The number of carbonyl (C=O) groups is 1. The summed E-state index contributed by atoms with van der Waals surface area (Å²) in [6, 6.07) is 5.37. The van der Waals surface area contributed by atoms with Gasteiger partial charge >= 0.3 is 0 Å². The van der Waals surface area contributed by atoms with Crippen LogP contribution in [-0.2, 0) is 4.79 Å². The number of hydrogen-bond donors (Lipinski definition) is 1. The molecule has 1 aliphatic heterocycles. The second-order valence-corrected chi connectivity index (χ2v) is 6.22. The molecule has 1 heterocycles. The Hall–Kier alpha value is -1.26. The Labute approximate surface area is 124 Å². The van der Waals surface area contributed by atoms with Crippen molar-refractivity contribution in [3.05, 3.63) is 28.8 Å². The maximum atomic E-state index is 12.1.